The summed E-state index contributed by atoms with van der Waals surface area (Å²) in [6.45, 7) is 0.547. The van der Waals surface area contributed by atoms with Gasteiger partial charge < -0.3 is 29.4 Å². The third-order valence-corrected chi connectivity index (χ3v) is 4.06. The monoisotopic (exact) mass is 339 g/mol. The topological polar surface area (TPSA) is 103 Å². The molecule has 2 N–H and O–H groups in total. The molecule has 1 fully saturated rings. The molecular formula is C16H21NO7. The van der Waals surface area contributed by atoms with Crippen LogP contribution in [-0.2, 0) is 9.53 Å². The van der Waals surface area contributed by atoms with Crippen molar-refractivity contribution in [2.45, 2.75) is 18.4 Å². The lowest BCUT2D eigenvalue weighted by molar-refractivity contribution is -0.148. The van der Waals surface area contributed by atoms with Gasteiger partial charge in [0.15, 0.2) is 11.5 Å². The van der Waals surface area contributed by atoms with E-state index < -0.39 is 17.4 Å². The minimum absolute atomic E-state index is 0.169. The Bertz CT molecular complexity index is 623. The van der Waals surface area contributed by atoms with E-state index in [9.17, 15) is 14.7 Å². The molecule has 1 saturated heterocycles. The molecule has 1 aromatic rings. The van der Waals surface area contributed by atoms with Gasteiger partial charge in [0.05, 0.1) is 26.9 Å². The van der Waals surface area contributed by atoms with Crippen LogP contribution in [0.4, 0.5) is 0 Å². The van der Waals surface area contributed by atoms with Crippen molar-refractivity contribution in [3.05, 3.63) is 17.7 Å². The van der Waals surface area contributed by atoms with E-state index in [1.54, 1.807) is 6.07 Å². The van der Waals surface area contributed by atoms with E-state index in [1.807, 2.05) is 0 Å². The number of rotatable bonds is 6. The quantitative estimate of drug-likeness (QED) is 0.799. The fraction of sp³-hybridized carbons (Fsp3) is 0.500. The number of carbonyl (C=O) groups excluding carboxylic acids is 1. The van der Waals surface area contributed by atoms with Crippen molar-refractivity contribution >= 4 is 11.9 Å². The fourth-order valence-electron chi connectivity index (χ4n) is 2.68. The van der Waals surface area contributed by atoms with Crippen LogP contribution in [0.5, 0.6) is 17.2 Å². The molecule has 24 heavy (non-hydrogen) atoms. The molecule has 0 spiro atoms. The first-order valence-electron chi connectivity index (χ1n) is 7.41. The summed E-state index contributed by atoms with van der Waals surface area (Å²) >= 11 is 0. The highest BCUT2D eigenvalue weighted by molar-refractivity contribution is 6.01. The zero-order chi connectivity index (χ0) is 17.7. The first-order chi connectivity index (χ1) is 11.5. The van der Waals surface area contributed by atoms with Crippen LogP contribution in [0.15, 0.2) is 12.1 Å². The van der Waals surface area contributed by atoms with E-state index in [0.717, 1.165) is 0 Å². The van der Waals surface area contributed by atoms with Gasteiger partial charge in [-0.25, -0.2) is 4.79 Å². The van der Waals surface area contributed by atoms with Gasteiger partial charge in [0.1, 0.15) is 5.54 Å². The summed E-state index contributed by atoms with van der Waals surface area (Å²) in [6.07, 6.45) is 0.396. The Morgan fingerprint density at radius 2 is 1.71 bits per heavy atom. The number of carboxylic acids is 1. The van der Waals surface area contributed by atoms with Gasteiger partial charge in [0.25, 0.3) is 5.91 Å². The van der Waals surface area contributed by atoms with Crippen LogP contribution >= 0.6 is 0 Å². The number of methoxy groups -OCH3 is 3. The molecule has 0 aromatic heterocycles. The normalized spacial score (nSPS) is 16.1. The summed E-state index contributed by atoms with van der Waals surface area (Å²) < 4.78 is 20.9. The van der Waals surface area contributed by atoms with Gasteiger partial charge in [-0.1, -0.05) is 0 Å². The van der Waals surface area contributed by atoms with Crippen molar-refractivity contribution in [2.75, 3.05) is 34.5 Å². The van der Waals surface area contributed by atoms with Gasteiger partial charge in [-0.2, -0.15) is 0 Å². The van der Waals surface area contributed by atoms with E-state index in [1.165, 1.54) is 27.4 Å². The second kappa shape index (κ2) is 7.39. The minimum atomic E-state index is -1.35. The highest BCUT2D eigenvalue weighted by Gasteiger charge is 2.42. The fourth-order valence-corrected chi connectivity index (χ4v) is 2.68. The average molecular weight is 339 g/mol. The van der Waals surface area contributed by atoms with Crippen LogP contribution in [0.2, 0.25) is 0 Å². The van der Waals surface area contributed by atoms with Gasteiger partial charge in [0, 0.05) is 26.1 Å². The number of amides is 1. The van der Waals surface area contributed by atoms with Crippen LogP contribution in [0.3, 0.4) is 0 Å². The molecule has 0 saturated carbocycles. The lowest BCUT2D eigenvalue weighted by Crippen LogP contribution is -2.57. The van der Waals surface area contributed by atoms with E-state index in [0.29, 0.717) is 5.75 Å². The number of hydrogen-bond acceptors (Lipinski definition) is 6. The molecule has 0 atom stereocenters. The highest BCUT2D eigenvalue weighted by atomic mass is 16.5. The van der Waals surface area contributed by atoms with Crippen LogP contribution < -0.4 is 19.5 Å². The van der Waals surface area contributed by atoms with Crippen molar-refractivity contribution < 1.29 is 33.6 Å². The number of carbonyl (C=O) groups is 2. The Kier molecular flexibility index (Phi) is 5.50. The molecule has 0 unspecified atom stereocenters. The third kappa shape index (κ3) is 3.23. The number of nitrogens with one attached hydrogen (secondary N) is 1. The molecule has 132 valence electrons. The molecule has 8 heteroatoms. The maximum atomic E-state index is 12.7. The van der Waals surface area contributed by atoms with E-state index in [-0.39, 0.29) is 43.1 Å². The lowest BCUT2D eigenvalue weighted by Gasteiger charge is -2.34. The Morgan fingerprint density at radius 3 is 2.21 bits per heavy atom. The number of carboxylic acid groups (broad SMARTS) is 1. The molecule has 1 heterocycles. The summed E-state index contributed by atoms with van der Waals surface area (Å²) in [5.41, 5.74) is -1.18. The molecule has 1 aromatic carbocycles. The predicted octanol–water partition coefficient (Wildman–Crippen LogP) is 1.08. The summed E-state index contributed by atoms with van der Waals surface area (Å²) in [4.78, 5) is 24.4. The van der Waals surface area contributed by atoms with Gasteiger partial charge >= 0.3 is 5.97 Å². The highest BCUT2D eigenvalue weighted by Crippen LogP contribution is 2.40. The summed E-state index contributed by atoms with van der Waals surface area (Å²) in [7, 11) is 4.30. The maximum absolute atomic E-state index is 12.7. The number of benzene rings is 1. The van der Waals surface area contributed by atoms with E-state index in [2.05, 4.69) is 5.32 Å². The molecule has 1 aliphatic heterocycles. The Balaban J connectivity index is 2.37. The predicted molar refractivity (Wildman–Crippen MR) is 84.0 cm³/mol. The van der Waals surface area contributed by atoms with Gasteiger partial charge in [-0.3, -0.25) is 4.79 Å². The molecule has 1 aliphatic rings. The molecule has 1 amide bonds. The SMILES string of the molecule is COc1ccc(C(=O)NC2(C(=O)O)CCOCC2)c(OC)c1OC. The zero-order valence-corrected chi connectivity index (χ0v) is 13.9. The van der Waals surface area contributed by atoms with Crippen molar-refractivity contribution in [2.24, 2.45) is 0 Å². The van der Waals surface area contributed by atoms with E-state index in [4.69, 9.17) is 18.9 Å². The van der Waals surface area contributed by atoms with Crippen molar-refractivity contribution in [3.8, 4) is 17.2 Å². The molecule has 8 nitrogen and oxygen atoms in total. The summed E-state index contributed by atoms with van der Waals surface area (Å²) in [5, 5.41) is 12.2. The molecular weight excluding hydrogens is 318 g/mol. The smallest absolute Gasteiger partial charge is 0.329 e. The second-order valence-electron chi connectivity index (χ2n) is 5.34. The summed E-state index contributed by atoms with van der Waals surface area (Å²) in [5.74, 6) is -0.786. The Morgan fingerprint density at radius 1 is 1.08 bits per heavy atom. The zero-order valence-electron chi connectivity index (χ0n) is 13.9. The first kappa shape index (κ1) is 17.9. The largest absolute Gasteiger partial charge is 0.493 e. The third-order valence-electron chi connectivity index (χ3n) is 4.06. The van der Waals surface area contributed by atoms with Crippen molar-refractivity contribution in [1.29, 1.82) is 0 Å². The maximum Gasteiger partial charge on any atom is 0.329 e. The van der Waals surface area contributed by atoms with Crippen molar-refractivity contribution in [1.82, 2.24) is 5.32 Å². The van der Waals surface area contributed by atoms with Crippen LogP contribution in [0.25, 0.3) is 0 Å². The minimum Gasteiger partial charge on any atom is -0.493 e. The Labute approximate surface area is 139 Å². The van der Waals surface area contributed by atoms with Gasteiger partial charge in [0.2, 0.25) is 5.75 Å². The number of aliphatic carboxylic acids is 1. The molecule has 0 aliphatic carbocycles. The van der Waals surface area contributed by atoms with Gasteiger partial charge in [-0.05, 0) is 12.1 Å². The van der Waals surface area contributed by atoms with Crippen molar-refractivity contribution in [3.63, 3.8) is 0 Å². The number of ether oxygens (including phenoxy) is 4. The van der Waals surface area contributed by atoms with Crippen LogP contribution in [0, 0.1) is 0 Å². The lowest BCUT2D eigenvalue weighted by atomic mass is 9.89. The number of hydrogen-bond donors (Lipinski definition) is 2. The van der Waals surface area contributed by atoms with Crippen LogP contribution in [-0.4, -0.2) is 57.1 Å². The molecule has 2 rings (SSSR count). The van der Waals surface area contributed by atoms with E-state index >= 15 is 0 Å². The average Bonchev–Trinajstić information content (AvgIpc) is 2.60. The van der Waals surface area contributed by atoms with Gasteiger partial charge in [-0.15, -0.1) is 0 Å². The van der Waals surface area contributed by atoms with Crippen LogP contribution in [0.1, 0.15) is 23.2 Å². The molecule has 0 radical (unpaired) electrons. The first-order valence-corrected chi connectivity index (χ1v) is 7.41. The second-order valence-corrected chi connectivity index (χ2v) is 5.34. The molecule has 0 bridgehead atoms. The Hall–Kier alpha value is -2.48. The summed E-state index contributed by atoms with van der Waals surface area (Å²) in [6, 6.07) is 3.07. The standard InChI is InChI=1S/C16H21NO7/c1-21-11-5-4-10(12(22-2)13(11)23-3)14(18)17-16(15(19)20)6-8-24-9-7-16/h4-5H,6-9H2,1-3H3,(H,17,18)(H,19,20).